The Morgan fingerprint density at radius 2 is 1.70 bits per heavy atom. The average Bonchev–Trinajstić information content (AvgIpc) is 2.83. The number of carbonyl (C=O) groups is 3. The van der Waals surface area contributed by atoms with Gasteiger partial charge < -0.3 is 9.64 Å². The summed E-state index contributed by atoms with van der Waals surface area (Å²) in [6, 6.07) is 11.5. The lowest BCUT2D eigenvalue weighted by Crippen LogP contribution is -2.50. The molecule has 1 saturated heterocycles. The number of esters is 1. The van der Waals surface area contributed by atoms with Crippen LogP contribution in [0.3, 0.4) is 0 Å². The number of carbonyl (C=O) groups excluding carboxylic acids is 3. The summed E-state index contributed by atoms with van der Waals surface area (Å²) in [6.45, 7) is 3.05. The molecular formula is C21H19BrCl2N2O4. The van der Waals surface area contributed by atoms with E-state index in [1.54, 1.807) is 6.92 Å². The zero-order valence-corrected chi connectivity index (χ0v) is 19.4. The van der Waals surface area contributed by atoms with Crippen molar-refractivity contribution in [3.63, 3.8) is 0 Å². The number of hydrogen-bond donors (Lipinski definition) is 0. The highest BCUT2D eigenvalue weighted by atomic mass is 79.9. The fourth-order valence-electron chi connectivity index (χ4n) is 3.46. The number of nitrogens with zero attached hydrogens (tertiary/aromatic N) is 2. The third-order valence-corrected chi connectivity index (χ3v) is 5.83. The van der Waals surface area contributed by atoms with Crippen molar-refractivity contribution in [2.45, 2.75) is 25.8 Å². The molecule has 0 N–H and O–H groups in total. The number of hydrogen-bond acceptors (Lipinski definition) is 4. The quantitative estimate of drug-likeness (QED) is 0.398. The molecule has 0 aliphatic carbocycles. The fraction of sp³-hybridized carbons (Fsp3) is 0.286. The second-order valence-corrected chi connectivity index (χ2v) is 8.91. The normalized spacial score (nSPS) is 18.8. The van der Waals surface area contributed by atoms with Gasteiger partial charge in [0.25, 0.3) is 5.91 Å². The molecule has 1 fully saturated rings. The molecule has 0 bridgehead atoms. The van der Waals surface area contributed by atoms with Gasteiger partial charge in [-0.1, -0.05) is 51.3 Å². The molecule has 0 unspecified atom stereocenters. The molecule has 3 rings (SSSR count). The van der Waals surface area contributed by atoms with E-state index in [1.165, 1.54) is 30.0 Å². The monoisotopic (exact) mass is 512 g/mol. The molecule has 0 saturated carbocycles. The van der Waals surface area contributed by atoms with E-state index in [2.05, 4.69) is 15.9 Å². The van der Waals surface area contributed by atoms with Crippen LogP contribution in [0.25, 0.3) is 0 Å². The first-order valence-corrected chi connectivity index (χ1v) is 10.7. The van der Waals surface area contributed by atoms with Gasteiger partial charge in [-0.2, -0.15) is 0 Å². The number of halogens is 3. The first kappa shape index (κ1) is 22.6. The average molecular weight is 514 g/mol. The molecule has 0 spiro atoms. The van der Waals surface area contributed by atoms with E-state index < -0.39 is 23.4 Å². The number of benzene rings is 2. The number of imide groups is 1. The van der Waals surface area contributed by atoms with Crippen LogP contribution in [0.15, 0.2) is 46.9 Å². The van der Waals surface area contributed by atoms with Crippen LogP contribution in [0.2, 0.25) is 10.0 Å². The Labute approximate surface area is 192 Å². The van der Waals surface area contributed by atoms with Gasteiger partial charge in [-0.25, -0.2) is 9.69 Å². The first-order valence-electron chi connectivity index (χ1n) is 9.12. The summed E-state index contributed by atoms with van der Waals surface area (Å²) in [5.74, 6) is -0.863. The summed E-state index contributed by atoms with van der Waals surface area (Å²) < 4.78 is 5.92. The fourth-order valence-corrected chi connectivity index (χ4v) is 4.24. The third-order valence-electron chi connectivity index (χ3n) is 4.87. The standard InChI is InChI=1S/C21H19BrCl2N2O4/c1-13(27)30-8-7-25-20(29)26(18-10-16(23)9-17(24)11-18)19(28)21(25,2)12-14-3-5-15(22)6-4-14/h3-6,9-11H,7-8,12H2,1-2H3/t21-/m1/s1. The van der Waals surface area contributed by atoms with Crippen molar-refractivity contribution < 1.29 is 19.1 Å². The number of urea groups is 1. The van der Waals surface area contributed by atoms with Crippen LogP contribution < -0.4 is 4.90 Å². The van der Waals surface area contributed by atoms with Gasteiger partial charge in [0.15, 0.2) is 0 Å². The minimum absolute atomic E-state index is 0.0194. The maximum atomic E-state index is 13.5. The van der Waals surface area contributed by atoms with Crippen molar-refractivity contribution in [1.29, 1.82) is 0 Å². The molecule has 30 heavy (non-hydrogen) atoms. The van der Waals surface area contributed by atoms with Gasteiger partial charge in [-0.15, -0.1) is 0 Å². The van der Waals surface area contributed by atoms with Crippen LogP contribution >= 0.6 is 39.1 Å². The van der Waals surface area contributed by atoms with E-state index in [0.29, 0.717) is 15.7 Å². The highest BCUT2D eigenvalue weighted by molar-refractivity contribution is 9.10. The smallest absolute Gasteiger partial charge is 0.332 e. The lowest BCUT2D eigenvalue weighted by Gasteiger charge is -2.31. The summed E-state index contributed by atoms with van der Waals surface area (Å²) in [5, 5.41) is 0.622. The van der Waals surface area contributed by atoms with Gasteiger partial charge in [-0.05, 0) is 42.8 Å². The third kappa shape index (κ3) is 4.63. The van der Waals surface area contributed by atoms with E-state index in [4.69, 9.17) is 27.9 Å². The number of rotatable bonds is 6. The molecule has 9 heteroatoms. The van der Waals surface area contributed by atoms with Crippen molar-refractivity contribution >= 4 is 62.7 Å². The van der Waals surface area contributed by atoms with E-state index >= 15 is 0 Å². The van der Waals surface area contributed by atoms with Crippen LogP contribution in [0.1, 0.15) is 19.4 Å². The van der Waals surface area contributed by atoms with Crippen molar-refractivity contribution in [3.05, 3.63) is 62.5 Å². The summed E-state index contributed by atoms with van der Waals surface area (Å²) >= 11 is 15.6. The summed E-state index contributed by atoms with van der Waals surface area (Å²) in [6.07, 6.45) is 0.287. The van der Waals surface area contributed by atoms with Gasteiger partial charge in [0.2, 0.25) is 0 Å². The van der Waals surface area contributed by atoms with E-state index in [-0.39, 0.29) is 19.6 Å². The van der Waals surface area contributed by atoms with E-state index in [0.717, 1.165) is 14.9 Å². The van der Waals surface area contributed by atoms with Gasteiger partial charge in [0.05, 0.1) is 12.2 Å². The SMILES string of the molecule is CC(=O)OCCN1C(=O)N(c2cc(Cl)cc(Cl)c2)C(=O)[C@@]1(C)Cc1ccc(Br)cc1. The second kappa shape index (κ2) is 8.96. The lowest BCUT2D eigenvalue weighted by atomic mass is 9.91. The zero-order valence-electron chi connectivity index (χ0n) is 16.3. The predicted octanol–water partition coefficient (Wildman–Crippen LogP) is 5.09. The zero-order chi connectivity index (χ0) is 22.1. The molecule has 1 heterocycles. The molecule has 2 aromatic rings. The van der Waals surface area contributed by atoms with Crippen LogP contribution in [0.5, 0.6) is 0 Å². The molecule has 0 aromatic heterocycles. The largest absolute Gasteiger partial charge is 0.464 e. The summed E-state index contributed by atoms with van der Waals surface area (Å²) in [5.41, 5.74) is -0.00956. The molecule has 158 valence electrons. The Hall–Kier alpha value is -2.09. The first-order chi connectivity index (χ1) is 14.1. The molecule has 0 radical (unpaired) electrons. The topological polar surface area (TPSA) is 66.9 Å². The molecule has 2 aromatic carbocycles. The Bertz CT molecular complexity index is 979. The molecule has 6 nitrogen and oxygen atoms in total. The maximum Gasteiger partial charge on any atom is 0.332 e. The highest BCUT2D eigenvalue weighted by Crippen LogP contribution is 2.36. The lowest BCUT2D eigenvalue weighted by molar-refractivity contribution is -0.141. The van der Waals surface area contributed by atoms with Gasteiger partial charge in [0.1, 0.15) is 12.1 Å². The minimum atomic E-state index is -1.18. The number of anilines is 1. The number of amides is 3. The van der Waals surface area contributed by atoms with Gasteiger partial charge in [-0.3, -0.25) is 9.59 Å². The van der Waals surface area contributed by atoms with Crippen LogP contribution in [0.4, 0.5) is 10.5 Å². The predicted molar refractivity (Wildman–Crippen MR) is 119 cm³/mol. The number of ether oxygens (including phenoxy) is 1. The van der Waals surface area contributed by atoms with Crippen molar-refractivity contribution in [2.75, 3.05) is 18.1 Å². The van der Waals surface area contributed by atoms with Crippen LogP contribution in [-0.4, -0.2) is 41.5 Å². The summed E-state index contributed by atoms with van der Waals surface area (Å²) in [7, 11) is 0. The molecule has 1 aliphatic rings. The molecular weight excluding hydrogens is 495 g/mol. The molecule has 3 amide bonds. The molecule has 1 aliphatic heterocycles. The van der Waals surface area contributed by atoms with Crippen molar-refractivity contribution in [2.24, 2.45) is 0 Å². The van der Waals surface area contributed by atoms with Crippen molar-refractivity contribution in [1.82, 2.24) is 4.90 Å². The second-order valence-electron chi connectivity index (χ2n) is 7.12. The Balaban J connectivity index is 1.99. The van der Waals surface area contributed by atoms with Crippen LogP contribution in [0, 0.1) is 0 Å². The van der Waals surface area contributed by atoms with Crippen LogP contribution in [-0.2, 0) is 20.7 Å². The summed E-state index contributed by atoms with van der Waals surface area (Å²) in [4.78, 5) is 40.4. The van der Waals surface area contributed by atoms with Gasteiger partial charge in [0, 0.05) is 27.9 Å². The Morgan fingerprint density at radius 1 is 1.10 bits per heavy atom. The van der Waals surface area contributed by atoms with Gasteiger partial charge >= 0.3 is 12.0 Å². The Kier molecular flexibility index (Phi) is 6.75. The highest BCUT2D eigenvalue weighted by Gasteiger charge is 2.54. The molecule has 1 atom stereocenters. The van der Waals surface area contributed by atoms with Crippen molar-refractivity contribution in [3.8, 4) is 0 Å². The Morgan fingerprint density at radius 3 is 2.27 bits per heavy atom. The van der Waals surface area contributed by atoms with E-state index in [9.17, 15) is 14.4 Å². The maximum absolute atomic E-state index is 13.5. The minimum Gasteiger partial charge on any atom is -0.464 e. The van der Waals surface area contributed by atoms with E-state index in [1.807, 2.05) is 24.3 Å².